The Labute approximate surface area is 99.7 Å². The minimum atomic E-state index is -0.267. The lowest BCUT2D eigenvalue weighted by Crippen LogP contribution is -2.35. The van der Waals surface area contributed by atoms with Gasteiger partial charge in [-0.3, -0.25) is 4.79 Å². The van der Waals surface area contributed by atoms with Gasteiger partial charge in [0.2, 0.25) is 5.82 Å². The van der Waals surface area contributed by atoms with Gasteiger partial charge in [0.05, 0.1) is 5.69 Å². The molecule has 0 saturated heterocycles. The fourth-order valence-corrected chi connectivity index (χ4v) is 1.62. The van der Waals surface area contributed by atoms with Crippen molar-refractivity contribution in [1.82, 2.24) is 19.3 Å². The first-order valence-electron chi connectivity index (χ1n) is 5.50. The van der Waals surface area contributed by atoms with Gasteiger partial charge in [0.1, 0.15) is 0 Å². The van der Waals surface area contributed by atoms with Crippen molar-refractivity contribution in [3.05, 3.63) is 40.7 Å². The highest BCUT2D eigenvalue weighted by molar-refractivity contribution is 5.18. The van der Waals surface area contributed by atoms with Gasteiger partial charge in [-0.05, 0) is 33.8 Å². The molecule has 0 radical (unpaired) electrons. The molecule has 0 aliphatic heterocycles. The Bertz CT molecular complexity index is 589. The molecule has 0 N–H and O–H groups in total. The van der Waals surface area contributed by atoms with Gasteiger partial charge in [0.25, 0.3) is 5.56 Å². The summed E-state index contributed by atoms with van der Waals surface area (Å²) < 4.78 is 3.17. The van der Waals surface area contributed by atoms with Crippen LogP contribution in [0.5, 0.6) is 0 Å². The number of rotatable bonds is 1. The standard InChI is InChI=1S/C12H16N4O/c1-9-5-7-16(14-9)10-11(17)15(8-6-13-10)12(2,3)4/h5-8H,1-4H3. The number of aromatic nitrogens is 4. The average Bonchev–Trinajstić information content (AvgIpc) is 2.63. The Morgan fingerprint density at radius 1 is 1.24 bits per heavy atom. The van der Waals surface area contributed by atoms with E-state index >= 15 is 0 Å². The lowest BCUT2D eigenvalue weighted by molar-refractivity contribution is 0.381. The van der Waals surface area contributed by atoms with Crippen LogP contribution in [-0.2, 0) is 5.54 Å². The first-order valence-corrected chi connectivity index (χ1v) is 5.50. The van der Waals surface area contributed by atoms with E-state index in [1.165, 1.54) is 4.68 Å². The first kappa shape index (κ1) is 11.6. The van der Waals surface area contributed by atoms with E-state index in [-0.39, 0.29) is 11.1 Å². The lowest BCUT2D eigenvalue weighted by atomic mass is 10.1. The van der Waals surface area contributed by atoms with Crippen LogP contribution in [0.25, 0.3) is 5.82 Å². The molecule has 0 aromatic carbocycles. The topological polar surface area (TPSA) is 52.7 Å². The SMILES string of the molecule is Cc1ccn(-c2nccn(C(C)(C)C)c2=O)n1. The molecule has 0 saturated carbocycles. The van der Waals surface area contributed by atoms with Gasteiger partial charge >= 0.3 is 0 Å². The zero-order valence-electron chi connectivity index (χ0n) is 10.5. The molecule has 2 heterocycles. The molecule has 0 amide bonds. The summed E-state index contributed by atoms with van der Waals surface area (Å²) in [6.07, 6.45) is 5.06. The molecule has 2 rings (SSSR count). The average molecular weight is 232 g/mol. The van der Waals surface area contributed by atoms with E-state index in [0.717, 1.165) is 5.69 Å². The first-order chi connectivity index (χ1) is 7.89. The van der Waals surface area contributed by atoms with E-state index in [1.807, 2.05) is 33.8 Å². The fraction of sp³-hybridized carbons (Fsp3) is 0.417. The maximum absolute atomic E-state index is 12.3. The van der Waals surface area contributed by atoms with Gasteiger partial charge < -0.3 is 4.57 Å². The van der Waals surface area contributed by atoms with Crippen LogP contribution in [0.15, 0.2) is 29.5 Å². The van der Waals surface area contributed by atoms with Crippen LogP contribution in [0.1, 0.15) is 26.5 Å². The number of hydrogen-bond donors (Lipinski definition) is 0. The van der Waals surface area contributed by atoms with Crippen molar-refractivity contribution in [1.29, 1.82) is 0 Å². The summed E-state index contributed by atoms with van der Waals surface area (Å²) in [5.41, 5.74) is 0.456. The van der Waals surface area contributed by atoms with Crippen molar-refractivity contribution in [2.75, 3.05) is 0 Å². The second-order valence-corrected chi connectivity index (χ2v) is 5.00. The zero-order chi connectivity index (χ0) is 12.6. The minimum absolute atomic E-state index is 0.136. The Balaban J connectivity index is 2.62. The summed E-state index contributed by atoms with van der Waals surface area (Å²) in [5, 5.41) is 4.21. The third-order valence-corrected chi connectivity index (χ3v) is 2.48. The van der Waals surface area contributed by atoms with Crippen LogP contribution in [-0.4, -0.2) is 19.3 Å². The van der Waals surface area contributed by atoms with Gasteiger partial charge in [-0.15, -0.1) is 0 Å². The van der Waals surface area contributed by atoms with Crippen molar-refractivity contribution in [2.45, 2.75) is 33.2 Å². The largest absolute Gasteiger partial charge is 0.305 e. The fourth-order valence-electron chi connectivity index (χ4n) is 1.62. The van der Waals surface area contributed by atoms with Crippen molar-refractivity contribution in [3.63, 3.8) is 0 Å². The maximum atomic E-state index is 12.3. The molecule has 0 aliphatic carbocycles. The highest BCUT2D eigenvalue weighted by atomic mass is 16.1. The van der Waals surface area contributed by atoms with Crippen molar-refractivity contribution in [3.8, 4) is 5.82 Å². The van der Waals surface area contributed by atoms with Gasteiger partial charge in [0, 0.05) is 24.1 Å². The molecule has 2 aromatic heterocycles. The van der Waals surface area contributed by atoms with Gasteiger partial charge in [0.15, 0.2) is 0 Å². The molecule has 5 nitrogen and oxygen atoms in total. The number of hydrogen-bond acceptors (Lipinski definition) is 3. The molecule has 0 atom stereocenters. The Morgan fingerprint density at radius 2 is 1.94 bits per heavy atom. The molecule has 5 heteroatoms. The molecule has 0 unspecified atom stereocenters. The summed E-state index contributed by atoms with van der Waals surface area (Å²) in [5.74, 6) is 0.329. The van der Waals surface area contributed by atoms with E-state index in [9.17, 15) is 4.79 Å². The molecule has 2 aromatic rings. The van der Waals surface area contributed by atoms with Crippen LogP contribution >= 0.6 is 0 Å². The second kappa shape index (κ2) is 3.84. The van der Waals surface area contributed by atoms with Gasteiger partial charge in [-0.1, -0.05) is 0 Å². The highest BCUT2D eigenvalue weighted by Gasteiger charge is 2.17. The van der Waals surface area contributed by atoms with Crippen molar-refractivity contribution < 1.29 is 0 Å². The molecular weight excluding hydrogens is 216 g/mol. The van der Waals surface area contributed by atoms with Crippen LogP contribution < -0.4 is 5.56 Å². The Morgan fingerprint density at radius 3 is 2.47 bits per heavy atom. The normalized spacial score (nSPS) is 11.8. The molecule has 0 bridgehead atoms. The smallest absolute Gasteiger partial charge is 0.296 e. The van der Waals surface area contributed by atoms with Crippen LogP contribution in [0.3, 0.4) is 0 Å². The Hall–Kier alpha value is -1.91. The van der Waals surface area contributed by atoms with Crippen LogP contribution in [0.4, 0.5) is 0 Å². The minimum Gasteiger partial charge on any atom is -0.305 e. The summed E-state index contributed by atoms with van der Waals surface area (Å²) in [6.45, 7) is 7.81. The van der Waals surface area contributed by atoms with Gasteiger partial charge in [-0.25, -0.2) is 9.67 Å². The number of aryl methyl sites for hydroxylation is 1. The van der Waals surface area contributed by atoms with Crippen molar-refractivity contribution >= 4 is 0 Å². The molecule has 0 aliphatic rings. The lowest BCUT2D eigenvalue weighted by Gasteiger charge is -2.22. The van der Waals surface area contributed by atoms with E-state index in [1.54, 1.807) is 23.2 Å². The predicted molar refractivity (Wildman–Crippen MR) is 65.4 cm³/mol. The van der Waals surface area contributed by atoms with Crippen LogP contribution in [0.2, 0.25) is 0 Å². The molecular formula is C12H16N4O. The second-order valence-electron chi connectivity index (χ2n) is 5.00. The molecule has 90 valence electrons. The van der Waals surface area contributed by atoms with Crippen molar-refractivity contribution in [2.24, 2.45) is 0 Å². The van der Waals surface area contributed by atoms with Crippen LogP contribution in [0, 0.1) is 6.92 Å². The maximum Gasteiger partial charge on any atom is 0.296 e. The Kier molecular flexibility index (Phi) is 2.61. The number of nitrogens with zero attached hydrogens (tertiary/aromatic N) is 4. The van der Waals surface area contributed by atoms with E-state index in [2.05, 4.69) is 10.1 Å². The third-order valence-electron chi connectivity index (χ3n) is 2.48. The van der Waals surface area contributed by atoms with Gasteiger partial charge in [-0.2, -0.15) is 5.10 Å². The predicted octanol–water partition coefficient (Wildman–Crippen LogP) is 1.49. The van der Waals surface area contributed by atoms with E-state index in [4.69, 9.17) is 0 Å². The molecule has 0 spiro atoms. The van der Waals surface area contributed by atoms with E-state index < -0.39 is 0 Å². The van der Waals surface area contributed by atoms with E-state index in [0.29, 0.717) is 5.82 Å². The highest BCUT2D eigenvalue weighted by Crippen LogP contribution is 2.10. The quantitative estimate of drug-likeness (QED) is 0.748. The summed E-state index contributed by atoms with van der Waals surface area (Å²) in [7, 11) is 0. The molecule has 17 heavy (non-hydrogen) atoms. The summed E-state index contributed by atoms with van der Waals surface area (Å²) in [6, 6.07) is 1.84. The summed E-state index contributed by atoms with van der Waals surface area (Å²) >= 11 is 0. The zero-order valence-corrected chi connectivity index (χ0v) is 10.5. The third kappa shape index (κ3) is 2.13. The molecule has 0 fully saturated rings. The summed E-state index contributed by atoms with van der Waals surface area (Å²) in [4.78, 5) is 16.4. The monoisotopic (exact) mass is 232 g/mol.